The van der Waals surface area contributed by atoms with E-state index in [1.54, 1.807) is 0 Å². The Morgan fingerprint density at radius 1 is 1.06 bits per heavy atom. The van der Waals surface area contributed by atoms with E-state index in [2.05, 4.69) is 40.5 Å². The lowest BCUT2D eigenvalue weighted by Gasteiger charge is -2.32. The highest BCUT2D eigenvalue weighted by molar-refractivity contribution is 7.93. The standard InChI is InChI=1S/C26H30N2O3S/c1-2-26(20-8-5-9-21(12-20)27-32(30,31)22-10-11-22)23-15-28(16-24(23)26)17-25(29)13-18-6-3-4-7-19(18)14-25/h2-9,12,22-24,27,29H,1,10-11,13-17H2/t23-,24+,26+. The Labute approximate surface area is 190 Å². The van der Waals surface area contributed by atoms with Crippen LogP contribution in [0.2, 0.25) is 0 Å². The highest BCUT2D eigenvalue weighted by Crippen LogP contribution is 2.64. The maximum Gasteiger partial charge on any atom is 0.235 e. The molecule has 1 heterocycles. The summed E-state index contributed by atoms with van der Waals surface area (Å²) in [6.07, 6.45) is 5.02. The van der Waals surface area contributed by atoms with Crippen molar-refractivity contribution in [2.45, 2.75) is 41.9 Å². The quantitative estimate of drug-likeness (QED) is 0.636. The molecule has 2 N–H and O–H groups in total. The van der Waals surface area contributed by atoms with E-state index < -0.39 is 15.6 Å². The lowest BCUT2D eigenvalue weighted by Crippen LogP contribution is -2.44. The zero-order valence-electron chi connectivity index (χ0n) is 18.2. The van der Waals surface area contributed by atoms with E-state index in [0.717, 1.165) is 44.3 Å². The first-order valence-electron chi connectivity index (χ1n) is 11.6. The number of allylic oxidation sites excluding steroid dienone is 1. The molecule has 3 atom stereocenters. The molecule has 2 aromatic carbocycles. The van der Waals surface area contributed by atoms with Crippen molar-refractivity contribution in [3.8, 4) is 0 Å². The second-order valence-corrected chi connectivity index (χ2v) is 12.3. The van der Waals surface area contributed by atoms with Gasteiger partial charge in [-0.3, -0.25) is 9.62 Å². The van der Waals surface area contributed by atoms with Crippen LogP contribution in [0.3, 0.4) is 0 Å². The molecule has 3 aliphatic carbocycles. The zero-order chi connectivity index (χ0) is 22.1. The molecule has 3 fully saturated rings. The van der Waals surface area contributed by atoms with E-state index in [0.29, 0.717) is 24.1 Å². The predicted molar refractivity (Wildman–Crippen MR) is 126 cm³/mol. The number of anilines is 1. The van der Waals surface area contributed by atoms with Gasteiger partial charge in [0.1, 0.15) is 0 Å². The van der Waals surface area contributed by atoms with E-state index in [9.17, 15) is 13.5 Å². The summed E-state index contributed by atoms with van der Waals surface area (Å²) in [7, 11) is -3.27. The summed E-state index contributed by atoms with van der Waals surface area (Å²) >= 11 is 0. The van der Waals surface area contributed by atoms with E-state index in [1.807, 2.05) is 30.3 Å². The molecule has 0 radical (unpaired) electrons. The van der Waals surface area contributed by atoms with Crippen molar-refractivity contribution in [2.24, 2.45) is 11.8 Å². The lowest BCUT2D eigenvalue weighted by atomic mass is 9.89. The predicted octanol–water partition coefficient (Wildman–Crippen LogP) is 3.11. The van der Waals surface area contributed by atoms with Crippen LogP contribution in [0.15, 0.2) is 61.2 Å². The first-order chi connectivity index (χ1) is 15.3. The topological polar surface area (TPSA) is 69.6 Å². The summed E-state index contributed by atoms with van der Waals surface area (Å²) in [6.45, 7) is 6.73. The number of sulfonamides is 1. The number of hydrogen-bond donors (Lipinski definition) is 2. The van der Waals surface area contributed by atoms with Gasteiger partial charge in [-0.2, -0.15) is 0 Å². The minimum atomic E-state index is -3.27. The van der Waals surface area contributed by atoms with E-state index in [4.69, 9.17) is 0 Å². The van der Waals surface area contributed by atoms with Gasteiger partial charge in [-0.1, -0.05) is 42.5 Å². The third kappa shape index (κ3) is 3.23. The van der Waals surface area contributed by atoms with E-state index >= 15 is 0 Å². The largest absolute Gasteiger partial charge is 0.388 e. The second kappa shape index (κ2) is 6.92. The van der Waals surface area contributed by atoms with Crippen LogP contribution in [0, 0.1) is 11.8 Å². The Hall–Kier alpha value is -2.15. The van der Waals surface area contributed by atoms with Crippen molar-refractivity contribution < 1.29 is 13.5 Å². The maximum absolute atomic E-state index is 12.4. The number of likely N-dealkylation sites (tertiary alicyclic amines) is 1. The maximum atomic E-state index is 12.4. The first-order valence-corrected chi connectivity index (χ1v) is 13.1. The van der Waals surface area contributed by atoms with Crippen molar-refractivity contribution in [3.05, 3.63) is 77.9 Å². The highest BCUT2D eigenvalue weighted by atomic mass is 32.2. The summed E-state index contributed by atoms with van der Waals surface area (Å²) in [6, 6.07) is 16.2. The minimum absolute atomic E-state index is 0.0984. The van der Waals surface area contributed by atoms with Gasteiger partial charge in [0.05, 0.1) is 10.9 Å². The number of nitrogens with zero attached hydrogens (tertiary/aromatic N) is 1. The third-order valence-electron chi connectivity index (χ3n) is 8.11. The van der Waals surface area contributed by atoms with Gasteiger partial charge in [0, 0.05) is 43.6 Å². The molecule has 1 saturated heterocycles. The molecule has 0 bridgehead atoms. The zero-order valence-corrected chi connectivity index (χ0v) is 19.0. The van der Waals surface area contributed by atoms with Gasteiger partial charge in [-0.15, -0.1) is 6.58 Å². The molecule has 2 saturated carbocycles. The highest BCUT2D eigenvalue weighted by Gasteiger charge is 2.67. The normalized spacial score (nSPS) is 30.5. The number of piperidine rings is 1. The van der Waals surface area contributed by atoms with E-state index in [-0.39, 0.29) is 10.7 Å². The van der Waals surface area contributed by atoms with Crippen molar-refractivity contribution in [1.82, 2.24) is 4.90 Å². The van der Waals surface area contributed by atoms with Crippen LogP contribution in [-0.2, 0) is 28.3 Å². The molecule has 1 aliphatic heterocycles. The summed E-state index contributed by atoms with van der Waals surface area (Å²) in [5.74, 6) is 0.922. The third-order valence-corrected chi connectivity index (χ3v) is 9.98. The van der Waals surface area contributed by atoms with Gasteiger partial charge >= 0.3 is 0 Å². The Bertz CT molecular complexity index is 1150. The minimum Gasteiger partial charge on any atom is -0.388 e. The monoisotopic (exact) mass is 450 g/mol. The average Bonchev–Trinajstić information content (AvgIpc) is 3.63. The molecule has 168 valence electrons. The van der Waals surface area contributed by atoms with Gasteiger partial charge in [-0.05, 0) is 53.5 Å². The van der Waals surface area contributed by atoms with Gasteiger partial charge in [-0.25, -0.2) is 8.42 Å². The molecular formula is C26H30N2O3S. The first kappa shape index (κ1) is 20.5. The molecule has 0 aromatic heterocycles. The van der Waals surface area contributed by atoms with E-state index in [1.165, 1.54) is 11.1 Å². The summed E-state index contributed by atoms with van der Waals surface area (Å²) < 4.78 is 27.5. The van der Waals surface area contributed by atoms with Crippen molar-refractivity contribution in [1.29, 1.82) is 0 Å². The smallest absolute Gasteiger partial charge is 0.235 e. The number of fused-ring (bicyclic) bond motifs is 2. The summed E-state index contributed by atoms with van der Waals surface area (Å²) in [5, 5.41) is 11.0. The average molecular weight is 451 g/mol. The fourth-order valence-electron chi connectivity index (χ4n) is 6.41. The number of aliphatic hydroxyl groups is 1. The molecular weight excluding hydrogens is 420 g/mol. The van der Waals surface area contributed by atoms with Gasteiger partial charge in [0.15, 0.2) is 0 Å². The fourth-order valence-corrected chi connectivity index (χ4v) is 7.79. The Balaban J connectivity index is 1.15. The molecule has 5 nitrogen and oxygen atoms in total. The van der Waals surface area contributed by atoms with Crippen molar-refractivity contribution in [2.75, 3.05) is 24.4 Å². The van der Waals surface area contributed by atoms with Crippen molar-refractivity contribution >= 4 is 15.7 Å². The molecule has 6 heteroatoms. The van der Waals surface area contributed by atoms with Crippen LogP contribution in [-0.4, -0.2) is 48.9 Å². The SMILES string of the molecule is C=C[C@]1(c2cccc(NS(=O)(=O)C3CC3)c2)[C@@H]2CN(CC3(O)Cc4ccccc4C3)C[C@@H]21. The molecule has 2 aromatic rings. The van der Waals surface area contributed by atoms with Gasteiger partial charge in [0.25, 0.3) is 0 Å². The van der Waals surface area contributed by atoms with Crippen LogP contribution < -0.4 is 4.72 Å². The summed E-state index contributed by atoms with van der Waals surface area (Å²) in [5.41, 5.74) is 3.55. The van der Waals surface area contributed by atoms with Crippen LogP contribution in [0.5, 0.6) is 0 Å². The Morgan fingerprint density at radius 2 is 1.72 bits per heavy atom. The number of nitrogens with one attached hydrogen (secondary N) is 1. The number of hydrogen-bond acceptors (Lipinski definition) is 4. The molecule has 0 unspecified atom stereocenters. The van der Waals surface area contributed by atoms with Crippen LogP contribution in [0.25, 0.3) is 0 Å². The molecule has 32 heavy (non-hydrogen) atoms. The molecule has 0 amide bonds. The Morgan fingerprint density at radius 3 is 2.31 bits per heavy atom. The molecule has 6 rings (SSSR count). The number of rotatable bonds is 7. The number of benzene rings is 2. The molecule has 0 spiro atoms. The Kier molecular flexibility index (Phi) is 4.43. The lowest BCUT2D eigenvalue weighted by molar-refractivity contribution is 0.0146. The van der Waals surface area contributed by atoms with Gasteiger partial charge in [0.2, 0.25) is 10.0 Å². The van der Waals surface area contributed by atoms with Gasteiger partial charge < -0.3 is 5.11 Å². The summed E-state index contributed by atoms with van der Waals surface area (Å²) in [4.78, 5) is 2.41. The van der Waals surface area contributed by atoms with Crippen molar-refractivity contribution in [3.63, 3.8) is 0 Å². The van der Waals surface area contributed by atoms with Crippen LogP contribution >= 0.6 is 0 Å². The second-order valence-electron chi connectivity index (χ2n) is 10.3. The van der Waals surface area contributed by atoms with Crippen LogP contribution in [0.4, 0.5) is 5.69 Å². The number of β-amino-alcohol motifs (C(OH)–C–C–N with tert-alkyl or cyclic N) is 1. The fraction of sp³-hybridized carbons (Fsp3) is 0.462. The molecule has 4 aliphatic rings. The van der Waals surface area contributed by atoms with Crippen LogP contribution in [0.1, 0.15) is 29.5 Å².